The van der Waals surface area contributed by atoms with Crippen LogP contribution < -0.4 is 15.4 Å². The molecule has 0 aliphatic heterocycles. The number of benzene rings is 1. The van der Waals surface area contributed by atoms with Crippen LogP contribution >= 0.6 is 23.2 Å². The summed E-state index contributed by atoms with van der Waals surface area (Å²) in [5, 5.41) is 6.16. The van der Waals surface area contributed by atoms with Crippen LogP contribution in [0.3, 0.4) is 0 Å². The van der Waals surface area contributed by atoms with Gasteiger partial charge in [0.2, 0.25) is 0 Å². The van der Waals surface area contributed by atoms with Gasteiger partial charge in [-0.05, 0) is 36.8 Å². The molecule has 0 aliphatic carbocycles. The van der Waals surface area contributed by atoms with E-state index in [1.807, 2.05) is 19.1 Å². The summed E-state index contributed by atoms with van der Waals surface area (Å²) in [5.74, 6) is 0.374. The molecule has 2 rings (SSSR count). The molecule has 5 nitrogen and oxygen atoms in total. The summed E-state index contributed by atoms with van der Waals surface area (Å²) in [4.78, 5) is 16.0. The molecule has 7 heteroatoms. The van der Waals surface area contributed by atoms with Gasteiger partial charge in [-0.3, -0.25) is 4.98 Å². The molecule has 0 saturated heterocycles. The molecular weight excluding hydrogens is 325 g/mol. The van der Waals surface area contributed by atoms with Gasteiger partial charge < -0.3 is 15.4 Å². The van der Waals surface area contributed by atoms with E-state index in [0.29, 0.717) is 21.5 Å². The number of amides is 2. The zero-order valence-corrected chi connectivity index (χ0v) is 13.6. The third kappa shape index (κ3) is 4.02. The monoisotopic (exact) mass is 339 g/mol. The van der Waals surface area contributed by atoms with Gasteiger partial charge in [-0.2, -0.15) is 0 Å². The Kier molecular flexibility index (Phi) is 5.46. The van der Waals surface area contributed by atoms with Crippen molar-refractivity contribution in [1.82, 2.24) is 10.3 Å². The molecule has 0 radical (unpaired) electrons. The van der Waals surface area contributed by atoms with Crippen LogP contribution in [0.25, 0.3) is 0 Å². The molecule has 1 aromatic carbocycles. The normalized spacial score (nSPS) is 11.6. The third-order valence-corrected chi connectivity index (χ3v) is 3.58. The highest BCUT2D eigenvalue weighted by atomic mass is 35.5. The molecule has 116 valence electrons. The summed E-state index contributed by atoms with van der Waals surface area (Å²) in [6.07, 6.45) is 3.35. The number of nitrogens with zero attached hydrogens (tertiary/aromatic N) is 1. The molecule has 0 bridgehead atoms. The molecule has 1 aromatic heterocycles. The van der Waals surface area contributed by atoms with Gasteiger partial charge in [0.05, 0.1) is 23.2 Å². The standard InChI is InChI=1S/C15H15Cl2N3O2/c1-9(10-3-5-18-6-4-10)19-15(21)20-11-7-12(16)14(22-2)13(17)8-11/h3-9H,1-2H3,(H2,19,20,21). The van der Waals surface area contributed by atoms with Crippen molar-refractivity contribution in [1.29, 1.82) is 0 Å². The van der Waals surface area contributed by atoms with Gasteiger partial charge >= 0.3 is 6.03 Å². The first-order chi connectivity index (χ1) is 10.5. The number of hydrogen-bond donors (Lipinski definition) is 2. The lowest BCUT2D eigenvalue weighted by atomic mass is 10.1. The molecule has 2 amide bonds. The molecule has 1 atom stereocenters. The maximum absolute atomic E-state index is 12.0. The van der Waals surface area contributed by atoms with Crippen LogP contribution in [0.4, 0.5) is 10.5 Å². The summed E-state index contributed by atoms with van der Waals surface area (Å²) in [7, 11) is 1.48. The first-order valence-electron chi connectivity index (χ1n) is 6.51. The Bertz CT molecular complexity index is 642. The molecule has 0 saturated carbocycles. The Morgan fingerprint density at radius 1 is 1.23 bits per heavy atom. The molecule has 2 aromatic rings. The largest absolute Gasteiger partial charge is 0.494 e. The Balaban J connectivity index is 2.03. The summed E-state index contributed by atoms with van der Waals surface area (Å²) < 4.78 is 5.06. The Labute approximate surface area is 138 Å². The van der Waals surface area contributed by atoms with E-state index in [4.69, 9.17) is 27.9 Å². The number of pyridine rings is 1. The van der Waals surface area contributed by atoms with Crippen LogP contribution in [0, 0.1) is 0 Å². The van der Waals surface area contributed by atoms with Gasteiger partial charge in [0.15, 0.2) is 5.75 Å². The topological polar surface area (TPSA) is 63.2 Å². The average molecular weight is 340 g/mol. The van der Waals surface area contributed by atoms with Crippen molar-refractivity contribution in [2.75, 3.05) is 12.4 Å². The maximum atomic E-state index is 12.0. The minimum absolute atomic E-state index is 0.160. The van der Waals surface area contributed by atoms with Crippen molar-refractivity contribution in [2.24, 2.45) is 0 Å². The summed E-state index contributed by atoms with van der Waals surface area (Å²) >= 11 is 12.1. The van der Waals surface area contributed by atoms with Crippen LogP contribution in [0.15, 0.2) is 36.7 Å². The average Bonchev–Trinajstić information content (AvgIpc) is 2.47. The highest BCUT2D eigenvalue weighted by Crippen LogP contribution is 2.35. The molecule has 22 heavy (non-hydrogen) atoms. The van der Waals surface area contributed by atoms with Crippen LogP contribution in [0.2, 0.25) is 10.0 Å². The van der Waals surface area contributed by atoms with E-state index in [-0.39, 0.29) is 12.1 Å². The summed E-state index contributed by atoms with van der Waals surface area (Å²) in [6, 6.07) is 6.30. The lowest BCUT2D eigenvalue weighted by molar-refractivity contribution is 0.249. The van der Waals surface area contributed by atoms with E-state index in [1.54, 1.807) is 24.5 Å². The second-order valence-corrected chi connectivity index (χ2v) is 5.39. The number of aromatic nitrogens is 1. The zero-order valence-electron chi connectivity index (χ0n) is 12.1. The zero-order chi connectivity index (χ0) is 16.1. The maximum Gasteiger partial charge on any atom is 0.319 e. The Morgan fingerprint density at radius 2 is 1.82 bits per heavy atom. The van der Waals surface area contributed by atoms with E-state index < -0.39 is 0 Å². The SMILES string of the molecule is COc1c(Cl)cc(NC(=O)NC(C)c2ccncc2)cc1Cl. The smallest absolute Gasteiger partial charge is 0.319 e. The van der Waals surface area contributed by atoms with Crippen LogP contribution in [0.5, 0.6) is 5.75 Å². The van der Waals surface area contributed by atoms with Gasteiger partial charge in [-0.1, -0.05) is 23.2 Å². The molecule has 1 unspecified atom stereocenters. The van der Waals surface area contributed by atoms with Gasteiger partial charge in [0, 0.05) is 18.1 Å². The van der Waals surface area contributed by atoms with E-state index in [0.717, 1.165) is 5.56 Å². The molecule has 1 heterocycles. The van der Waals surface area contributed by atoms with Gasteiger partial charge in [0.1, 0.15) is 0 Å². The number of anilines is 1. The first kappa shape index (κ1) is 16.4. The van der Waals surface area contributed by atoms with Crippen molar-refractivity contribution in [3.63, 3.8) is 0 Å². The van der Waals surface area contributed by atoms with Crippen molar-refractivity contribution < 1.29 is 9.53 Å². The van der Waals surface area contributed by atoms with Crippen molar-refractivity contribution in [2.45, 2.75) is 13.0 Å². The highest BCUT2D eigenvalue weighted by molar-refractivity contribution is 6.37. The van der Waals surface area contributed by atoms with Crippen LogP contribution in [-0.2, 0) is 0 Å². The lowest BCUT2D eigenvalue weighted by Gasteiger charge is -2.15. The van der Waals surface area contributed by atoms with Gasteiger partial charge in [-0.15, -0.1) is 0 Å². The predicted octanol–water partition coefficient (Wildman–Crippen LogP) is 4.28. The fourth-order valence-electron chi connectivity index (χ4n) is 1.93. The van der Waals surface area contributed by atoms with Crippen LogP contribution in [0.1, 0.15) is 18.5 Å². The fraction of sp³-hybridized carbons (Fsp3) is 0.200. The van der Waals surface area contributed by atoms with Crippen molar-refractivity contribution in [3.05, 3.63) is 52.3 Å². The van der Waals surface area contributed by atoms with Crippen LogP contribution in [-0.4, -0.2) is 18.1 Å². The van der Waals surface area contributed by atoms with E-state index in [1.165, 1.54) is 7.11 Å². The van der Waals surface area contributed by atoms with E-state index in [2.05, 4.69) is 15.6 Å². The number of rotatable bonds is 4. The first-order valence-corrected chi connectivity index (χ1v) is 7.27. The number of methoxy groups -OCH3 is 1. The second kappa shape index (κ2) is 7.33. The predicted molar refractivity (Wildman–Crippen MR) is 87.8 cm³/mol. The minimum atomic E-state index is -0.360. The number of halogens is 2. The number of urea groups is 1. The highest BCUT2D eigenvalue weighted by Gasteiger charge is 2.12. The second-order valence-electron chi connectivity index (χ2n) is 4.57. The number of carbonyl (C=O) groups is 1. The number of hydrogen-bond acceptors (Lipinski definition) is 3. The fourth-order valence-corrected chi connectivity index (χ4v) is 2.57. The quantitative estimate of drug-likeness (QED) is 0.873. The number of nitrogens with one attached hydrogen (secondary N) is 2. The summed E-state index contributed by atoms with van der Waals surface area (Å²) in [6.45, 7) is 1.88. The Hall–Kier alpha value is -1.98. The van der Waals surface area contributed by atoms with E-state index in [9.17, 15) is 4.79 Å². The molecule has 2 N–H and O–H groups in total. The third-order valence-electron chi connectivity index (χ3n) is 3.01. The molecule has 0 aliphatic rings. The van der Waals surface area contributed by atoms with Gasteiger partial charge in [0.25, 0.3) is 0 Å². The summed E-state index contributed by atoms with van der Waals surface area (Å²) in [5.41, 5.74) is 1.44. The Morgan fingerprint density at radius 3 is 2.36 bits per heavy atom. The van der Waals surface area contributed by atoms with E-state index >= 15 is 0 Å². The number of ether oxygens (including phenoxy) is 1. The van der Waals surface area contributed by atoms with Crippen molar-refractivity contribution >= 4 is 34.9 Å². The molecule has 0 fully saturated rings. The molecule has 0 spiro atoms. The van der Waals surface area contributed by atoms with Gasteiger partial charge in [-0.25, -0.2) is 4.79 Å². The number of carbonyl (C=O) groups excluding carboxylic acids is 1. The van der Waals surface area contributed by atoms with Crippen molar-refractivity contribution in [3.8, 4) is 5.75 Å². The lowest BCUT2D eigenvalue weighted by Crippen LogP contribution is -2.31. The molecular formula is C15H15Cl2N3O2. The minimum Gasteiger partial charge on any atom is -0.494 e.